The second-order valence-electron chi connectivity index (χ2n) is 5.68. The van der Waals surface area contributed by atoms with Gasteiger partial charge in [0.05, 0.1) is 18.6 Å². The largest absolute Gasteiger partial charge is 0.335 e. The Morgan fingerprint density at radius 1 is 1.04 bits per heavy atom. The van der Waals surface area contributed by atoms with E-state index in [1.165, 1.54) is 12.5 Å². The lowest BCUT2D eigenvalue weighted by Crippen LogP contribution is -2.30. The maximum atomic E-state index is 12.6. The van der Waals surface area contributed by atoms with Crippen molar-refractivity contribution in [2.45, 2.75) is 24.9 Å². The summed E-state index contributed by atoms with van der Waals surface area (Å²) in [6, 6.07) is 9.10. The number of aromatic amines is 1. The van der Waals surface area contributed by atoms with Gasteiger partial charge in [-0.3, -0.25) is 4.98 Å². The van der Waals surface area contributed by atoms with Gasteiger partial charge in [-0.15, -0.1) is 0 Å². The molecule has 0 saturated carbocycles. The normalized spacial score (nSPS) is 12.9. The van der Waals surface area contributed by atoms with E-state index < -0.39 is 16.1 Å². The van der Waals surface area contributed by atoms with Crippen molar-refractivity contribution in [2.24, 2.45) is 0 Å². The molecule has 0 fully saturated rings. The molecule has 2 N–H and O–H groups in total. The quantitative estimate of drug-likeness (QED) is 0.746. The van der Waals surface area contributed by atoms with Crippen LogP contribution >= 0.6 is 0 Å². The van der Waals surface area contributed by atoms with Gasteiger partial charge in [0.15, 0.2) is 5.03 Å². The number of sulfonamides is 1. The van der Waals surface area contributed by atoms with E-state index in [4.69, 9.17) is 0 Å². The van der Waals surface area contributed by atoms with Crippen molar-refractivity contribution in [3.05, 3.63) is 77.5 Å². The molecule has 3 aromatic rings. The number of aryl methyl sites for hydroxylation is 2. The van der Waals surface area contributed by atoms with Gasteiger partial charge in [0.1, 0.15) is 0 Å². The fourth-order valence-electron chi connectivity index (χ4n) is 2.66. The molecule has 0 unspecified atom stereocenters. The molecule has 124 valence electrons. The molecule has 0 aliphatic carbocycles. The fourth-order valence-corrected chi connectivity index (χ4v) is 3.78. The standard InChI is InChI=1S/C17H18N4O2S/c1-12-6-13(2)8-15(7-12)17(14-4-3-5-18-9-14)21-24(22,23)16-10-19-11-20-16/h3-11,17,21H,1-2H3,(H,19,20)/t17-/m0/s1. The third kappa shape index (κ3) is 3.52. The van der Waals surface area contributed by atoms with Crippen molar-refractivity contribution in [1.82, 2.24) is 19.7 Å². The summed E-state index contributed by atoms with van der Waals surface area (Å²) in [5, 5.41) is 0.0285. The summed E-state index contributed by atoms with van der Waals surface area (Å²) in [5.41, 5.74) is 3.77. The molecule has 0 bridgehead atoms. The zero-order chi connectivity index (χ0) is 17.2. The molecule has 0 saturated heterocycles. The van der Waals surface area contributed by atoms with Crippen molar-refractivity contribution in [3.8, 4) is 0 Å². The predicted octanol–water partition coefficient (Wildman–Crippen LogP) is 2.49. The third-order valence-electron chi connectivity index (χ3n) is 3.63. The van der Waals surface area contributed by atoms with Crippen molar-refractivity contribution in [1.29, 1.82) is 0 Å². The molecule has 24 heavy (non-hydrogen) atoms. The molecule has 7 heteroatoms. The topological polar surface area (TPSA) is 87.7 Å². The molecule has 0 radical (unpaired) electrons. The zero-order valence-electron chi connectivity index (χ0n) is 13.4. The number of H-pyrrole nitrogens is 1. The van der Waals surface area contributed by atoms with Crippen LogP contribution in [0.3, 0.4) is 0 Å². The fraction of sp³-hybridized carbons (Fsp3) is 0.176. The Balaban J connectivity index is 2.06. The van der Waals surface area contributed by atoms with Gasteiger partial charge >= 0.3 is 0 Å². The number of benzene rings is 1. The maximum Gasteiger partial charge on any atom is 0.258 e. The maximum absolute atomic E-state index is 12.6. The first-order valence-corrected chi connectivity index (χ1v) is 8.93. The average Bonchev–Trinajstić information content (AvgIpc) is 3.08. The van der Waals surface area contributed by atoms with E-state index >= 15 is 0 Å². The van der Waals surface area contributed by atoms with Crippen molar-refractivity contribution in [3.63, 3.8) is 0 Å². The molecule has 0 aliphatic rings. The van der Waals surface area contributed by atoms with Crippen LogP contribution in [-0.2, 0) is 10.0 Å². The predicted molar refractivity (Wildman–Crippen MR) is 90.9 cm³/mol. The van der Waals surface area contributed by atoms with Crippen LogP contribution in [0.25, 0.3) is 0 Å². The summed E-state index contributed by atoms with van der Waals surface area (Å²) in [6.07, 6.45) is 5.94. The minimum Gasteiger partial charge on any atom is -0.335 e. The van der Waals surface area contributed by atoms with Crippen molar-refractivity contribution >= 4 is 10.0 Å². The van der Waals surface area contributed by atoms with Crippen LogP contribution in [0.2, 0.25) is 0 Å². The van der Waals surface area contributed by atoms with Crippen LogP contribution in [0, 0.1) is 13.8 Å². The van der Waals surface area contributed by atoms with Gasteiger partial charge in [-0.25, -0.2) is 13.4 Å². The number of hydrogen-bond donors (Lipinski definition) is 2. The number of nitrogens with one attached hydrogen (secondary N) is 2. The van der Waals surface area contributed by atoms with E-state index in [9.17, 15) is 8.42 Å². The summed E-state index contributed by atoms with van der Waals surface area (Å²) in [6.45, 7) is 3.97. The molecule has 2 heterocycles. The highest BCUT2D eigenvalue weighted by atomic mass is 32.2. The van der Waals surface area contributed by atoms with Crippen LogP contribution in [0.5, 0.6) is 0 Å². The monoisotopic (exact) mass is 342 g/mol. The Bertz CT molecular complexity index is 902. The van der Waals surface area contributed by atoms with Gasteiger partial charge in [-0.05, 0) is 31.0 Å². The minimum absolute atomic E-state index is 0.0285. The number of aromatic nitrogens is 3. The summed E-state index contributed by atoms with van der Waals surface area (Å²) in [7, 11) is -3.73. The molecule has 6 nitrogen and oxygen atoms in total. The summed E-state index contributed by atoms with van der Waals surface area (Å²) in [5.74, 6) is 0. The number of rotatable bonds is 5. The first-order valence-electron chi connectivity index (χ1n) is 7.44. The van der Waals surface area contributed by atoms with Crippen LogP contribution < -0.4 is 4.72 Å². The molecular weight excluding hydrogens is 324 g/mol. The molecule has 0 amide bonds. The zero-order valence-corrected chi connectivity index (χ0v) is 14.2. The van der Waals surface area contributed by atoms with E-state index in [0.29, 0.717) is 0 Å². The number of hydrogen-bond acceptors (Lipinski definition) is 4. The lowest BCUT2D eigenvalue weighted by molar-refractivity contribution is 0.568. The summed E-state index contributed by atoms with van der Waals surface area (Å²) in [4.78, 5) is 10.5. The first kappa shape index (κ1) is 16.4. The Hall–Kier alpha value is -2.51. The van der Waals surface area contributed by atoms with Crippen LogP contribution in [0.15, 0.2) is 60.3 Å². The lowest BCUT2D eigenvalue weighted by atomic mass is 9.97. The van der Waals surface area contributed by atoms with Gasteiger partial charge < -0.3 is 4.98 Å². The molecule has 1 atom stereocenters. The first-order chi connectivity index (χ1) is 11.5. The molecule has 1 aromatic carbocycles. The van der Waals surface area contributed by atoms with Gasteiger partial charge in [-0.1, -0.05) is 35.4 Å². The minimum atomic E-state index is -3.73. The summed E-state index contributed by atoms with van der Waals surface area (Å²) < 4.78 is 28.0. The average molecular weight is 342 g/mol. The number of pyridine rings is 1. The number of imidazole rings is 1. The Labute approximate surface area is 141 Å². The molecular formula is C17H18N4O2S. The third-order valence-corrected chi connectivity index (χ3v) is 4.98. The van der Waals surface area contributed by atoms with E-state index in [2.05, 4.69) is 19.7 Å². The van der Waals surface area contributed by atoms with Crippen LogP contribution in [0.4, 0.5) is 0 Å². The van der Waals surface area contributed by atoms with Crippen molar-refractivity contribution in [2.75, 3.05) is 0 Å². The van der Waals surface area contributed by atoms with E-state index in [1.54, 1.807) is 18.5 Å². The molecule has 0 aliphatic heterocycles. The second-order valence-corrected chi connectivity index (χ2v) is 7.36. The van der Waals surface area contributed by atoms with Crippen LogP contribution in [0.1, 0.15) is 28.3 Å². The smallest absolute Gasteiger partial charge is 0.258 e. The van der Waals surface area contributed by atoms with Gasteiger partial charge in [0, 0.05) is 12.4 Å². The highest BCUT2D eigenvalue weighted by Gasteiger charge is 2.24. The number of nitrogens with zero attached hydrogens (tertiary/aromatic N) is 2. The Morgan fingerprint density at radius 3 is 2.38 bits per heavy atom. The van der Waals surface area contributed by atoms with Gasteiger partial charge in [0.25, 0.3) is 10.0 Å². The van der Waals surface area contributed by atoms with E-state index in [-0.39, 0.29) is 5.03 Å². The molecule has 2 aromatic heterocycles. The molecule has 3 rings (SSSR count). The van der Waals surface area contributed by atoms with E-state index in [0.717, 1.165) is 22.3 Å². The van der Waals surface area contributed by atoms with E-state index in [1.807, 2.05) is 38.1 Å². The lowest BCUT2D eigenvalue weighted by Gasteiger charge is -2.20. The Morgan fingerprint density at radius 2 is 1.79 bits per heavy atom. The van der Waals surface area contributed by atoms with Gasteiger partial charge in [-0.2, -0.15) is 4.72 Å². The Kier molecular flexibility index (Phi) is 4.46. The summed E-state index contributed by atoms with van der Waals surface area (Å²) >= 11 is 0. The highest BCUT2D eigenvalue weighted by molar-refractivity contribution is 7.89. The highest BCUT2D eigenvalue weighted by Crippen LogP contribution is 2.25. The SMILES string of the molecule is Cc1cc(C)cc([C@@H](NS(=O)(=O)c2cnc[nH]2)c2cccnc2)c1. The second kappa shape index (κ2) is 6.54. The molecule has 0 spiro atoms. The van der Waals surface area contributed by atoms with Crippen LogP contribution in [-0.4, -0.2) is 23.4 Å². The van der Waals surface area contributed by atoms with Gasteiger partial charge in [0.2, 0.25) is 0 Å². The van der Waals surface area contributed by atoms with Crippen molar-refractivity contribution < 1.29 is 8.42 Å².